The second-order valence-corrected chi connectivity index (χ2v) is 5.30. The van der Waals surface area contributed by atoms with Crippen molar-refractivity contribution in [2.45, 2.75) is 13.5 Å². The van der Waals surface area contributed by atoms with Crippen molar-refractivity contribution in [2.75, 3.05) is 17.2 Å². The van der Waals surface area contributed by atoms with Gasteiger partial charge in [0.2, 0.25) is 5.95 Å². The molecule has 0 unspecified atom stereocenters. The number of hydrogen-bond acceptors (Lipinski definition) is 5. The van der Waals surface area contributed by atoms with Crippen molar-refractivity contribution in [3.05, 3.63) is 72.2 Å². The first kappa shape index (κ1) is 16.7. The number of halogens is 1. The Balaban J connectivity index is 1.68. The van der Waals surface area contributed by atoms with Crippen LogP contribution in [0.3, 0.4) is 0 Å². The van der Waals surface area contributed by atoms with E-state index in [9.17, 15) is 4.39 Å². The zero-order valence-corrected chi connectivity index (χ0v) is 13.9. The molecule has 0 saturated heterocycles. The summed E-state index contributed by atoms with van der Waals surface area (Å²) in [7, 11) is 0. The first-order valence-corrected chi connectivity index (χ1v) is 8.05. The Kier molecular flexibility index (Phi) is 5.41. The molecule has 5 nitrogen and oxygen atoms in total. The Bertz CT molecular complexity index is 824. The summed E-state index contributed by atoms with van der Waals surface area (Å²) in [5, 5.41) is 6.37. The number of para-hydroxylation sites is 2. The molecule has 0 atom stereocenters. The predicted octanol–water partition coefficient (Wildman–Crippen LogP) is 4.37. The van der Waals surface area contributed by atoms with Gasteiger partial charge in [0.05, 0.1) is 12.3 Å². The van der Waals surface area contributed by atoms with Crippen LogP contribution in [0.5, 0.6) is 5.75 Å². The van der Waals surface area contributed by atoms with Gasteiger partial charge in [0.15, 0.2) is 0 Å². The van der Waals surface area contributed by atoms with E-state index < -0.39 is 0 Å². The van der Waals surface area contributed by atoms with E-state index in [0.717, 1.165) is 17.0 Å². The van der Waals surface area contributed by atoms with Gasteiger partial charge in [0, 0.05) is 12.7 Å². The van der Waals surface area contributed by atoms with Gasteiger partial charge in [-0.3, -0.25) is 0 Å². The van der Waals surface area contributed by atoms with Crippen molar-refractivity contribution in [3.63, 3.8) is 0 Å². The molecule has 3 rings (SSSR count). The fourth-order valence-corrected chi connectivity index (χ4v) is 2.29. The summed E-state index contributed by atoms with van der Waals surface area (Å²) in [6.07, 6.45) is 1.67. The SMILES string of the molecule is CCOc1ccccc1Nc1ccnc(NCc2ccc(F)cc2)n1. The molecule has 2 N–H and O–H groups in total. The average molecular weight is 338 g/mol. The lowest BCUT2D eigenvalue weighted by Crippen LogP contribution is -2.05. The van der Waals surface area contributed by atoms with Gasteiger partial charge in [-0.05, 0) is 42.8 Å². The molecule has 0 amide bonds. The normalized spacial score (nSPS) is 10.3. The van der Waals surface area contributed by atoms with E-state index in [-0.39, 0.29) is 5.82 Å². The maximum absolute atomic E-state index is 12.9. The van der Waals surface area contributed by atoms with Crippen LogP contribution in [0.15, 0.2) is 60.8 Å². The highest BCUT2D eigenvalue weighted by atomic mass is 19.1. The quantitative estimate of drug-likeness (QED) is 0.670. The second-order valence-electron chi connectivity index (χ2n) is 5.30. The molecule has 25 heavy (non-hydrogen) atoms. The largest absolute Gasteiger partial charge is 0.492 e. The summed E-state index contributed by atoms with van der Waals surface area (Å²) in [5.74, 6) is 1.66. The third kappa shape index (κ3) is 4.67. The lowest BCUT2D eigenvalue weighted by atomic mass is 10.2. The molecule has 0 aliphatic heterocycles. The van der Waals surface area contributed by atoms with Gasteiger partial charge in [-0.2, -0.15) is 4.98 Å². The van der Waals surface area contributed by atoms with E-state index in [4.69, 9.17) is 4.74 Å². The zero-order valence-electron chi connectivity index (χ0n) is 13.9. The molecule has 6 heteroatoms. The number of ether oxygens (including phenoxy) is 1. The van der Waals surface area contributed by atoms with E-state index in [2.05, 4.69) is 20.6 Å². The van der Waals surface area contributed by atoms with Crippen LogP contribution in [-0.4, -0.2) is 16.6 Å². The maximum atomic E-state index is 12.9. The van der Waals surface area contributed by atoms with Gasteiger partial charge in [-0.15, -0.1) is 0 Å². The highest BCUT2D eigenvalue weighted by molar-refractivity contribution is 5.64. The molecule has 0 spiro atoms. The summed E-state index contributed by atoms with van der Waals surface area (Å²) < 4.78 is 18.5. The molecule has 3 aromatic rings. The van der Waals surface area contributed by atoms with Crippen molar-refractivity contribution >= 4 is 17.5 Å². The predicted molar refractivity (Wildman–Crippen MR) is 96.7 cm³/mol. The van der Waals surface area contributed by atoms with Gasteiger partial charge in [0.1, 0.15) is 17.4 Å². The smallest absolute Gasteiger partial charge is 0.224 e. The minimum absolute atomic E-state index is 0.251. The number of anilines is 3. The molecular formula is C19H19FN4O. The lowest BCUT2D eigenvalue weighted by Gasteiger charge is -2.12. The molecule has 1 aromatic heterocycles. The Morgan fingerprint density at radius 1 is 1.04 bits per heavy atom. The summed E-state index contributed by atoms with van der Waals surface area (Å²) in [5.41, 5.74) is 1.79. The number of rotatable bonds is 7. The number of hydrogen-bond donors (Lipinski definition) is 2. The molecule has 0 aliphatic carbocycles. The number of benzene rings is 2. The van der Waals surface area contributed by atoms with Crippen molar-refractivity contribution in [1.82, 2.24) is 9.97 Å². The van der Waals surface area contributed by atoms with Gasteiger partial charge >= 0.3 is 0 Å². The molecular weight excluding hydrogens is 319 g/mol. The summed E-state index contributed by atoms with van der Waals surface area (Å²) in [6.45, 7) is 3.05. The van der Waals surface area contributed by atoms with Gasteiger partial charge in [-0.1, -0.05) is 24.3 Å². The van der Waals surface area contributed by atoms with Crippen LogP contribution in [0.1, 0.15) is 12.5 Å². The van der Waals surface area contributed by atoms with E-state index in [0.29, 0.717) is 24.9 Å². The maximum Gasteiger partial charge on any atom is 0.224 e. The minimum Gasteiger partial charge on any atom is -0.492 e. The van der Waals surface area contributed by atoms with E-state index in [1.54, 1.807) is 24.4 Å². The number of nitrogens with one attached hydrogen (secondary N) is 2. The third-order valence-electron chi connectivity index (χ3n) is 3.47. The molecule has 0 aliphatic rings. The minimum atomic E-state index is -0.251. The fourth-order valence-electron chi connectivity index (χ4n) is 2.29. The van der Waals surface area contributed by atoms with Crippen molar-refractivity contribution < 1.29 is 9.13 Å². The zero-order chi connectivity index (χ0) is 17.5. The highest BCUT2D eigenvalue weighted by Crippen LogP contribution is 2.26. The van der Waals surface area contributed by atoms with Crippen LogP contribution in [-0.2, 0) is 6.54 Å². The first-order chi connectivity index (χ1) is 12.2. The molecule has 2 aromatic carbocycles. The number of nitrogens with zero attached hydrogens (tertiary/aromatic N) is 2. The standard InChI is InChI=1S/C19H19FN4O/c1-2-25-17-6-4-3-5-16(17)23-18-11-12-21-19(24-18)22-13-14-7-9-15(20)10-8-14/h3-12H,2,13H2,1H3,(H2,21,22,23,24). The third-order valence-corrected chi connectivity index (χ3v) is 3.47. The van der Waals surface area contributed by atoms with Gasteiger partial charge in [0.25, 0.3) is 0 Å². The monoisotopic (exact) mass is 338 g/mol. The van der Waals surface area contributed by atoms with Crippen LogP contribution in [0.4, 0.5) is 21.8 Å². The Morgan fingerprint density at radius 2 is 1.84 bits per heavy atom. The summed E-state index contributed by atoms with van der Waals surface area (Å²) in [6, 6.07) is 15.8. The average Bonchev–Trinajstić information content (AvgIpc) is 2.63. The molecule has 0 bridgehead atoms. The van der Waals surface area contributed by atoms with Crippen molar-refractivity contribution in [2.24, 2.45) is 0 Å². The molecule has 0 saturated carbocycles. The van der Waals surface area contributed by atoms with E-state index in [1.807, 2.05) is 31.2 Å². The topological polar surface area (TPSA) is 59.1 Å². The van der Waals surface area contributed by atoms with Gasteiger partial charge < -0.3 is 15.4 Å². The van der Waals surface area contributed by atoms with Gasteiger partial charge in [-0.25, -0.2) is 9.37 Å². The van der Waals surface area contributed by atoms with E-state index in [1.165, 1.54) is 12.1 Å². The highest BCUT2D eigenvalue weighted by Gasteiger charge is 2.05. The van der Waals surface area contributed by atoms with Crippen LogP contribution in [0, 0.1) is 5.82 Å². The van der Waals surface area contributed by atoms with Crippen LogP contribution < -0.4 is 15.4 Å². The molecule has 128 valence electrons. The Hall–Kier alpha value is -3.15. The van der Waals surface area contributed by atoms with Crippen LogP contribution in [0.2, 0.25) is 0 Å². The Morgan fingerprint density at radius 3 is 2.64 bits per heavy atom. The first-order valence-electron chi connectivity index (χ1n) is 8.05. The van der Waals surface area contributed by atoms with Crippen molar-refractivity contribution in [3.8, 4) is 5.75 Å². The van der Waals surface area contributed by atoms with Crippen molar-refractivity contribution in [1.29, 1.82) is 0 Å². The Labute approximate surface area is 145 Å². The van der Waals surface area contributed by atoms with Crippen LogP contribution >= 0.6 is 0 Å². The molecule has 0 radical (unpaired) electrons. The summed E-state index contributed by atoms with van der Waals surface area (Å²) in [4.78, 5) is 8.64. The molecule has 1 heterocycles. The number of aromatic nitrogens is 2. The van der Waals surface area contributed by atoms with Crippen LogP contribution in [0.25, 0.3) is 0 Å². The second kappa shape index (κ2) is 8.10. The molecule has 0 fully saturated rings. The lowest BCUT2D eigenvalue weighted by molar-refractivity contribution is 0.342. The van der Waals surface area contributed by atoms with E-state index >= 15 is 0 Å². The summed E-state index contributed by atoms with van der Waals surface area (Å²) >= 11 is 0. The fraction of sp³-hybridized carbons (Fsp3) is 0.158.